The number of aromatic hydroxyl groups is 1. The summed E-state index contributed by atoms with van der Waals surface area (Å²) >= 11 is 3.18. The van der Waals surface area contributed by atoms with Crippen molar-refractivity contribution in [1.29, 1.82) is 0 Å². The van der Waals surface area contributed by atoms with Crippen LogP contribution in [0.25, 0.3) is 10.9 Å². The summed E-state index contributed by atoms with van der Waals surface area (Å²) in [6.45, 7) is 0. The van der Waals surface area contributed by atoms with Crippen LogP contribution in [0.2, 0.25) is 0 Å². The van der Waals surface area contributed by atoms with E-state index in [1.807, 2.05) is 0 Å². The molecule has 7 heteroatoms. The number of rotatable bonds is 3. The average Bonchev–Trinajstić information content (AvgIpc) is 2.50. The molecule has 0 saturated heterocycles. The van der Waals surface area contributed by atoms with Gasteiger partial charge < -0.3 is 14.6 Å². The van der Waals surface area contributed by atoms with Crippen molar-refractivity contribution in [3.8, 4) is 23.1 Å². The van der Waals surface area contributed by atoms with Crippen molar-refractivity contribution in [2.45, 2.75) is 0 Å². The van der Waals surface area contributed by atoms with E-state index < -0.39 is 5.82 Å². The Hall–Kier alpha value is -2.41. The molecule has 0 bridgehead atoms. The van der Waals surface area contributed by atoms with Crippen molar-refractivity contribution in [3.63, 3.8) is 0 Å². The molecule has 1 aromatic heterocycles. The number of hydrogen-bond acceptors (Lipinski definition) is 5. The summed E-state index contributed by atoms with van der Waals surface area (Å²) < 4.78 is 25.0. The number of nitrogens with zero attached hydrogens (tertiary/aromatic N) is 2. The van der Waals surface area contributed by atoms with E-state index in [0.29, 0.717) is 15.4 Å². The Morgan fingerprint density at radius 1 is 1.14 bits per heavy atom. The molecule has 0 fully saturated rings. The summed E-state index contributed by atoms with van der Waals surface area (Å²) in [5.74, 6) is -0.153. The third-order valence-electron chi connectivity index (χ3n) is 3.00. The molecule has 0 radical (unpaired) electrons. The highest BCUT2D eigenvalue weighted by Crippen LogP contribution is 2.35. The number of ether oxygens (including phenoxy) is 2. The van der Waals surface area contributed by atoms with E-state index in [2.05, 4.69) is 25.9 Å². The van der Waals surface area contributed by atoms with Gasteiger partial charge in [-0.1, -0.05) is 15.9 Å². The topological polar surface area (TPSA) is 64.5 Å². The number of aromatic nitrogens is 2. The minimum absolute atomic E-state index is 0.0264. The van der Waals surface area contributed by atoms with Crippen molar-refractivity contribution in [3.05, 3.63) is 46.9 Å². The minimum atomic E-state index is -0.529. The van der Waals surface area contributed by atoms with Gasteiger partial charge in [-0.25, -0.2) is 14.4 Å². The molecule has 3 rings (SSSR count). The smallest absolute Gasteiger partial charge is 0.230 e. The quantitative estimate of drug-likeness (QED) is 0.759. The first-order valence-electron chi connectivity index (χ1n) is 6.23. The first-order valence-corrected chi connectivity index (χ1v) is 7.02. The highest BCUT2D eigenvalue weighted by atomic mass is 79.9. The van der Waals surface area contributed by atoms with Gasteiger partial charge in [0.15, 0.2) is 23.1 Å². The van der Waals surface area contributed by atoms with Crippen LogP contribution in [-0.2, 0) is 0 Å². The fraction of sp³-hybridized carbons (Fsp3) is 0.0667. The van der Waals surface area contributed by atoms with Gasteiger partial charge >= 0.3 is 0 Å². The van der Waals surface area contributed by atoms with Gasteiger partial charge in [0, 0.05) is 10.5 Å². The molecule has 0 unspecified atom stereocenters. The van der Waals surface area contributed by atoms with E-state index in [9.17, 15) is 9.50 Å². The fourth-order valence-corrected chi connectivity index (χ4v) is 2.29. The molecule has 112 valence electrons. The molecule has 2 aromatic carbocycles. The van der Waals surface area contributed by atoms with Crippen LogP contribution in [0.3, 0.4) is 0 Å². The predicted octanol–water partition coefficient (Wildman–Crippen LogP) is 4.04. The largest absolute Gasteiger partial charge is 0.504 e. The lowest BCUT2D eigenvalue weighted by Crippen LogP contribution is -1.94. The van der Waals surface area contributed by atoms with Crippen LogP contribution in [0.4, 0.5) is 4.39 Å². The van der Waals surface area contributed by atoms with Gasteiger partial charge in [-0.05, 0) is 24.3 Å². The lowest BCUT2D eigenvalue weighted by molar-refractivity contribution is 0.374. The van der Waals surface area contributed by atoms with Crippen LogP contribution in [-0.4, -0.2) is 22.2 Å². The van der Waals surface area contributed by atoms with Gasteiger partial charge in [0.1, 0.15) is 6.33 Å². The van der Waals surface area contributed by atoms with Gasteiger partial charge in [0.05, 0.1) is 18.0 Å². The second-order valence-electron chi connectivity index (χ2n) is 4.40. The van der Waals surface area contributed by atoms with Gasteiger partial charge in [0.25, 0.3) is 0 Å². The van der Waals surface area contributed by atoms with Crippen molar-refractivity contribution in [1.82, 2.24) is 9.97 Å². The third kappa shape index (κ3) is 2.67. The molecule has 0 amide bonds. The Morgan fingerprint density at radius 3 is 2.68 bits per heavy atom. The normalized spacial score (nSPS) is 10.7. The minimum Gasteiger partial charge on any atom is -0.504 e. The maximum Gasteiger partial charge on any atom is 0.230 e. The van der Waals surface area contributed by atoms with Crippen molar-refractivity contribution < 1.29 is 19.0 Å². The molecular formula is C15H10BrFN2O3. The summed E-state index contributed by atoms with van der Waals surface area (Å²) in [6, 6.07) is 7.40. The standard InChI is InChI=1S/C15H10BrFN2O3/c1-21-14-6-11-9(5-12(14)20)15(19-7-18-11)22-13-3-2-8(16)4-10(13)17/h2-7,20H,1H3. The number of benzene rings is 2. The summed E-state index contributed by atoms with van der Waals surface area (Å²) in [6.07, 6.45) is 1.30. The van der Waals surface area contributed by atoms with Crippen LogP contribution in [0.5, 0.6) is 23.1 Å². The second-order valence-corrected chi connectivity index (χ2v) is 5.31. The SMILES string of the molecule is COc1cc2ncnc(Oc3ccc(Br)cc3F)c2cc1O. The third-order valence-corrected chi connectivity index (χ3v) is 3.49. The second kappa shape index (κ2) is 5.76. The molecule has 0 aliphatic heterocycles. The number of hydrogen-bond donors (Lipinski definition) is 1. The number of fused-ring (bicyclic) bond motifs is 1. The molecule has 0 aliphatic rings. The summed E-state index contributed by atoms with van der Waals surface area (Å²) in [4.78, 5) is 8.08. The molecule has 0 spiro atoms. The Labute approximate surface area is 133 Å². The van der Waals surface area contributed by atoms with Crippen LogP contribution >= 0.6 is 15.9 Å². The van der Waals surface area contributed by atoms with E-state index in [4.69, 9.17) is 9.47 Å². The van der Waals surface area contributed by atoms with Crippen molar-refractivity contribution in [2.75, 3.05) is 7.11 Å². The van der Waals surface area contributed by atoms with Crippen LogP contribution in [0.1, 0.15) is 0 Å². The number of methoxy groups -OCH3 is 1. The fourth-order valence-electron chi connectivity index (χ4n) is 1.96. The monoisotopic (exact) mass is 364 g/mol. The Kier molecular flexibility index (Phi) is 3.81. The maximum absolute atomic E-state index is 13.9. The lowest BCUT2D eigenvalue weighted by atomic mass is 10.2. The van der Waals surface area contributed by atoms with Crippen LogP contribution in [0.15, 0.2) is 41.1 Å². The number of phenols is 1. The number of halogens is 2. The predicted molar refractivity (Wildman–Crippen MR) is 81.9 cm³/mol. The van der Waals surface area contributed by atoms with Gasteiger partial charge in [-0.3, -0.25) is 0 Å². The molecular weight excluding hydrogens is 355 g/mol. The molecule has 22 heavy (non-hydrogen) atoms. The molecule has 3 aromatic rings. The molecule has 0 aliphatic carbocycles. The first-order chi connectivity index (χ1) is 10.6. The highest BCUT2D eigenvalue weighted by molar-refractivity contribution is 9.10. The average molecular weight is 365 g/mol. The highest BCUT2D eigenvalue weighted by Gasteiger charge is 2.13. The molecule has 1 N–H and O–H groups in total. The zero-order valence-electron chi connectivity index (χ0n) is 11.4. The number of phenolic OH excluding ortho intramolecular Hbond substituents is 1. The van der Waals surface area contributed by atoms with Crippen molar-refractivity contribution >= 4 is 26.8 Å². The van der Waals surface area contributed by atoms with E-state index in [-0.39, 0.29) is 23.1 Å². The Morgan fingerprint density at radius 2 is 1.95 bits per heavy atom. The van der Waals surface area contributed by atoms with Gasteiger partial charge in [0.2, 0.25) is 5.88 Å². The molecule has 1 heterocycles. The van der Waals surface area contributed by atoms with Crippen molar-refractivity contribution in [2.24, 2.45) is 0 Å². The zero-order valence-corrected chi connectivity index (χ0v) is 13.0. The summed E-state index contributed by atoms with van der Waals surface area (Å²) in [7, 11) is 1.44. The lowest BCUT2D eigenvalue weighted by Gasteiger charge is -2.10. The van der Waals surface area contributed by atoms with Gasteiger partial charge in [-0.2, -0.15) is 0 Å². The van der Waals surface area contributed by atoms with E-state index in [1.165, 1.54) is 31.6 Å². The van der Waals surface area contributed by atoms with Crippen LogP contribution < -0.4 is 9.47 Å². The maximum atomic E-state index is 13.9. The Bertz CT molecular complexity index is 858. The summed E-state index contributed by atoms with van der Waals surface area (Å²) in [5.41, 5.74) is 0.511. The first kappa shape index (κ1) is 14.5. The molecule has 5 nitrogen and oxygen atoms in total. The molecule has 0 atom stereocenters. The molecule has 0 saturated carbocycles. The Balaban J connectivity index is 2.09. The summed E-state index contributed by atoms with van der Waals surface area (Å²) in [5, 5.41) is 10.3. The van der Waals surface area contributed by atoms with E-state index in [0.717, 1.165) is 0 Å². The zero-order chi connectivity index (χ0) is 15.7. The van der Waals surface area contributed by atoms with E-state index in [1.54, 1.807) is 12.1 Å². The van der Waals surface area contributed by atoms with E-state index >= 15 is 0 Å². The van der Waals surface area contributed by atoms with Gasteiger partial charge in [-0.15, -0.1) is 0 Å². The van der Waals surface area contributed by atoms with Crippen LogP contribution in [0, 0.1) is 5.82 Å².